The average molecular weight is 260 g/mol. The number of nitrogens with zero attached hydrogens (tertiary/aromatic N) is 2. The quantitative estimate of drug-likeness (QED) is 0.782. The van der Waals surface area contributed by atoms with Crippen LogP contribution in [0.2, 0.25) is 0 Å². The minimum Gasteiger partial charge on any atom is -0.410 e. The van der Waals surface area contributed by atoms with Gasteiger partial charge in [0.1, 0.15) is 5.75 Å². The fourth-order valence-corrected chi connectivity index (χ4v) is 2.17. The summed E-state index contributed by atoms with van der Waals surface area (Å²) in [5.74, 6) is 0.597. The molecule has 0 unspecified atom stereocenters. The van der Waals surface area contributed by atoms with Crippen molar-refractivity contribution in [1.29, 1.82) is 0 Å². The average Bonchev–Trinajstić information content (AvgIpc) is 2.66. The highest BCUT2D eigenvalue weighted by Crippen LogP contribution is 2.11. The third kappa shape index (κ3) is 4.10. The van der Waals surface area contributed by atoms with Crippen molar-refractivity contribution >= 4 is 6.09 Å². The maximum atomic E-state index is 12.0. The Balaban J connectivity index is 1.87. The smallest absolute Gasteiger partial charge is 0.410 e. The molecule has 1 aromatic rings. The van der Waals surface area contributed by atoms with E-state index < -0.39 is 0 Å². The fourth-order valence-electron chi connectivity index (χ4n) is 2.17. The molecule has 0 saturated carbocycles. The number of rotatable bonds is 3. The molecule has 1 saturated heterocycles. The highest BCUT2D eigenvalue weighted by molar-refractivity contribution is 5.70. The number of hydrogen-bond donors (Lipinski definition) is 0. The van der Waals surface area contributed by atoms with Gasteiger partial charge >= 0.3 is 6.09 Å². The first-order chi connectivity index (χ1) is 9.29. The van der Waals surface area contributed by atoms with Gasteiger partial charge in [0, 0.05) is 32.7 Å². The molecule has 0 N–H and O–H groups in total. The number of benzene rings is 1. The van der Waals surface area contributed by atoms with Gasteiger partial charge in [-0.05, 0) is 18.6 Å². The zero-order valence-corrected chi connectivity index (χ0v) is 11.1. The summed E-state index contributed by atoms with van der Waals surface area (Å²) in [6, 6.07) is 9.20. The topological polar surface area (TPSA) is 32.8 Å². The molecule has 1 aromatic carbocycles. The van der Waals surface area contributed by atoms with Gasteiger partial charge in [-0.3, -0.25) is 4.90 Å². The molecule has 1 aliphatic rings. The van der Waals surface area contributed by atoms with Crippen LogP contribution in [0, 0.1) is 0 Å². The van der Waals surface area contributed by atoms with E-state index in [1.165, 1.54) is 0 Å². The lowest BCUT2D eigenvalue weighted by Crippen LogP contribution is -2.37. The van der Waals surface area contributed by atoms with E-state index in [4.69, 9.17) is 4.74 Å². The summed E-state index contributed by atoms with van der Waals surface area (Å²) in [5, 5.41) is 0. The predicted molar refractivity (Wildman–Crippen MR) is 75.3 cm³/mol. The van der Waals surface area contributed by atoms with Gasteiger partial charge in [-0.25, -0.2) is 4.79 Å². The second-order valence-corrected chi connectivity index (χ2v) is 4.61. The Kier molecular flexibility index (Phi) is 4.98. The van der Waals surface area contributed by atoms with Crippen LogP contribution in [0.4, 0.5) is 4.79 Å². The van der Waals surface area contributed by atoms with E-state index in [1.807, 2.05) is 24.3 Å². The standard InChI is InChI=1S/C15H20N2O2/c1-2-9-16-10-6-11-17(13-12-16)15(18)19-14-7-4-3-5-8-14/h2-5,7-8H,1,6,9-13H2. The lowest BCUT2D eigenvalue weighted by molar-refractivity contribution is 0.153. The number of carbonyl (C=O) groups is 1. The molecule has 102 valence electrons. The van der Waals surface area contributed by atoms with Gasteiger partial charge in [0.2, 0.25) is 0 Å². The number of hydrogen-bond acceptors (Lipinski definition) is 3. The van der Waals surface area contributed by atoms with E-state index in [0.717, 1.165) is 32.6 Å². The second kappa shape index (κ2) is 6.95. The third-order valence-corrected chi connectivity index (χ3v) is 3.18. The number of amides is 1. The zero-order chi connectivity index (χ0) is 13.5. The van der Waals surface area contributed by atoms with E-state index >= 15 is 0 Å². The van der Waals surface area contributed by atoms with Crippen molar-refractivity contribution in [1.82, 2.24) is 9.80 Å². The van der Waals surface area contributed by atoms with E-state index in [2.05, 4.69) is 11.5 Å². The monoisotopic (exact) mass is 260 g/mol. The lowest BCUT2D eigenvalue weighted by Gasteiger charge is -2.20. The molecule has 1 fully saturated rings. The molecule has 4 heteroatoms. The van der Waals surface area contributed by atoms with Gasteiger partial charge in [0.25, 0.3) is 0 Å². The molecule has 0 spiro atoms. The largest absolute Gasteiger partial charge is 0.415 e. The summed E-state index contributed by atoms with van der Waals surface area (Å²) in [5.41, 5.74) is 0. The zero-order valence-electron chi connectivity index (χ0n) is 11.1. The Morgan fingerprint density at radius 1 is 1.21 bits per heavy atom. The van der Waals surface area contributed by atoms with Crippen LogP contribution in [0.25, 0.3) is 0 Å². The van der Waals surface area contributed by atoms with Gasteiger partial charge in [-0.2, -0.15) is 0 Å². The van der Waals surface area contributed by atoms with Crippen LogP contribution in [0.5, 0.6) is 5.75 Å². The number of ether oxygens (including phenoxy) is 1. The highest BCUT2D eigenvalue weighted by atomic mass is 16.6. The molecular formula is C15H20N2O2. The van der Waals surface area contributed by atoms with E-state index in [0.29, 0.717) is 12.3 Å². The van der Waals surface area contributed by atoms with E-state index in [-0.39, 0.29) is 6.09 Å². The Bertz CT molecular complexity index is 419. The van der Waals surface area contributed by atoms with Crippen molar-refractivity contribution in [2.24, 2.45) is 0 Å². The minimum absolute atomic E-state index is 0.258. The first kappa shape index (κ1) is 13.6. The summed E-state index contributed by atoms with van der Waals surface area (Å²) in [7, 11) is 0. The van der Waals surface area contributed by atoms with Gasteiger partial charge in [-0.1, -0.05) is 24.3 Å². The molecule has 0 aromatic heterocycles. The molecule has 1 amide bonds. The maximum absolute atomic E-state index is 12.0. The molecule has 4 nitrogen and oxygen atoms in total. The first-order valence-corrected chi connectivity index (χ1v) is 6.64. The molecule has 0 aliphatic carbocycles. The second-order valence-electron chi connectivity index (χ2n) is 4.61. The Hall–Kier alpha value is -1.81. The fraction of sp³-hybridized carbons (Fsp3) is 0.400. The van der Waals surface area contributed by atoms with Crippen molar-refractivity contribution in [3.05, 3.63) is 43.0 Å². The van der Waals surface area contributed by atoms with Crippen LogP contribution >= 0.6 is 0 Å². The van der Waals surface area contributed by atoms with Gasteiger partial charge < -0.3 is 9.64 Å². The van der Waals surface area contributed by atoms with Crippen molar-refractivity contribution in [2.45, 2.75) is 6.42 Å². The van der Waals surface area contributed by atoms with Gasteiger partial charge in [-0.15, -0.1) is 6.58 Å². The molecule has 0 radical (unpaired) electrons. The molecule has 2 rings (SSSR count). The summed E-state index contributed by atoms with van der Waals surface area (Å²) in [6.45, 7) is 7.95. The SMILES string of the molecule is C=CCN1CCCN(C(=O)Oc2ccccc2)CC1. The van der Waals surface area contributed by atoms with Gasteiger partial charge in [0.15, 0.2) is 0 Å². The summed E-state index contributed by atoms with van der Waals surface area (Å²) in [6.07, 6.45) is 2.61. The van der Waals surface area contributed by atoms with Crippen LogP contribution in [0.3, 0.4) is 0 Å². The highest BCUT2D eigenvalue weighted by Gasteiger charge is 2.19. The van der Waals surface area contributed by atoms with Crippen LogP contribution in [0.15, 0.2) is 43.0 Å². The van der Waals surface area contributed by atoms with Crippen molar-refractivity contribution < 1.29 is 9.53 Å². The van der Waals surface area contributed by atoms with Gasteiger partial charge in [0.05, 0.1) is 0 Å². The lowest BCUT2D eigenvalue weighted by atomic mass is 10.3. The molecule has 19 heavy (non-hydrogen) atoms. The van der Waals surface area contributed by atoms with Crippen molar-refractivity contribution in [3.63, 3.8) is 0 Å². The van der Waals surface area contributed by atoms with E-state index in [1.54, 1.807) is 17.0 Å². The molecule has 0 atom stereocenters. The van der Waals surface area contributed by atoms with Crippen molar-refractivity contribution in [3.8, 4) is 5.75 Å². The normalized spacial score (nSPS) is 16.7. The minimum atomic E-state index is -0.258. The molecule has 0 bridgehead atoms. The predicted octanol–water partition coefficient (Wildman–Crippen LogP) is 2.38. The molecule has 1 heterocycles. The first-order valence-electron chi connectivity index (χ1n) is 6.64. The van der Waals surface area contributed by atoms with Crippen molar-refractivity contribution in [2.75, 3.05) is 32.7 Å². The van der Waals surface area contributed by atoms with Crippen LogP contribution in [-0.2, 0) is 0 Å². The van der Waals surface area contributed by atoms with Crippen LogP contribution < -0.4 is 4.74 Å². The number of para-hydroxylation sites is 1. The molecule has 1 aliphatic heterocycles. The number of carbonyl (C=O) groups excluding carboxylic acids is 1. The maximum Gasteiger partial charge on any atom is 0.415 e. The summed E-state index contributed by atoms with van der Waals surface area (Å²) < 4.78 is 5.35. The Morgan fingerprint density at radius 2 is 2.00 bits per heavy atom. The Morgan fingerprint density at radius 3 is 2.74 bits per heavy atom. The summed E-state index contributed by atoms with van der Waals surface area (Å²) in [4.78, 5) is 16.1. The molecular weight excluding hydrogens is 240 g/mol. The van der Waals surface area contributed by atoms with Crippen LogP contribution in [-0.4, -0.2) is 48.6 Å². The third-order valence-electron chi connectivity index (χ3n) is 3.18. The summed E-state index contributed by atoms with van der Waals surface area (Å²) >= 11 is 0. The Labute approximate surface area is 114 Å². The van der Waals surface area contributed by atoms with E-state index in [9.17, 15) is 4.79 Å². The van der Waals surface area contributed by atoms with Crippen LogP contribution in [0.1, 0.15) is 6.42 Å².